The van der Waals surface area contributed by atoms with Crippen LogP contribution in [0.1, 0.15) is 59.3 Å². The van der Waals surface area contributed by atoms with E-state index in [1.165, 1.54) is 6.07 Å². The van der Waals surface area contributed by atoms with E-state index < -0.39 is 25.3 Å². The highest BCUT2D eigenvalue weighted by molar-refractivity contribution is 6.76. The van der Waals surface area contributed by atoms with Gasteiger partial charge in [-0.15, -0.1) is 0 Å². The highest BCUT2D eigenvalue weighted by Crippen LogP contribution is 2.42. The van der Waals surface area contributed by atoms with Crippen molar-refractivity contribution >= 4 is 41.7 Å². The number of hydrogen-bond acceptors (Lipinski definition) is 10. The minimum atomic E-state index is -1.29. The van der Waals surface area contributed by atoms with Crippen LogP contribution in [-0.4, -0.2) is 108 Å². The van der Waals surface area contributed by atoms with Crippen molar-refractivity contribution in [3.05, 3.63) is 48.2 Å². The lowest BCUT2D eigenvalue weighted by molar-refractivity contribution is 0.0122. The molecule has 2 aromatic carbocycles. The van der Waals surface area contributed by atoms with Crippen molar-refractivity contribution in [2.75, 3.05) is 51.1 Å². The van der Waals surface area contributed by atoms with Crippen molar-refractivity contribution in [2.24, 2.45) is 0 Å². The molecule has 4 fully saturated rings. The number of amides is 1. The normalized spacial score (nSPS) is 20.9. The first kappa shape index (κ1) is 38.7. The number of anilines is 1. The molecule has 0 aliphatic carbocycles. The summed E-state index contributed by atoms with van der Waals surface area (Å²) < 4.78 is 57.0. The van der Waals surface area contributed by atoms with E-state index in [0.29, 0.717) is 48.6 Å². The third-order valence-corrected chi connectivity index (χ3v) is 13.5. The number of piperazine rings is 1. The fraction of sp³-hybridized carbons (Fsp3) is 0.571. The van der Waals surface area contributed by atoms with Gasteiger partial charge in [0.25, 0.3) is 0 Å². The van der Waals surface area contributed by atoms with Gasteiger partial charge in [0.15, 0.2) is 12.6 Å². The molecule has 2 aromatic heterocycles. The number of rotatable bonds is 11. The second-order valence-corrected chi connectivity index (χ2v) is 23.8. The molecule has 0 spiro atoms. The average molecular weight is 789 g/mol. The molecular weight excluding hydrogens is 735 g/mol. The lowest BCUT2D eigenvalue weighted by Gasteiger charge is -2.42. The molecule has 4 aliphatic rings. The van der Waals surface area contributed by atoms with Crippen molar-refractivity contribution in [1.82, 2.24) is 24.8 Å². The number of pyridine rings is 1. The zero-order valence-corrected chi connectivity index (χ0v) is 34.5. The Morgan fingerprint density at radius 3 is 2.43 bits per heavy atom. The first-order valence-corrected chi connectivity index (χ1v) is 23.8. The van der Waals surface area contributed by atoms with Crippen LogP contribution in [-0.2, 0) is 9.47 Å². The third-order valence-electron chi connectivity index (χ3n) is 11.8. The Morgan fingerprint density at radius 2 is 1.73 bits per heavy atom. The van der Waals surface area contributed by atoms with E-state index in [1.54, 1.807) is 30.5 Å². The summed E-state index contributed by atoms with van der Waals surface area (Å²) in [5.41, 5.74) is -0.462. The first-order chi connectivity index (χ1) is 26.7. The van der Waals surface area contributed by atoms with Crippen molar-refractivity contribution in [1.29, 1.82) is 0 Å². The lowest BCUT2D eigenvalue weighted by Crippen LogP contribution is -2.57. The van der Waals surface area contributed by atoms with Crippen LogP contribution in [0.5, 0.6) is 11.8 Å². The molecule has 2 atom stereocenters. The highest BCUT2D eigenvalue weighted by Gasteiger charge is 2.46. The summed E-state index contributed by atoms with van der Waals surface area (Å²) in [7, 11) is -1.29. The summed E-state index contributed by atoms with van der Waals surface area (Å²) in [5, 5.41) is 1.19. The fourth-order valence-electron chi connectivity index (χ4n) is 9.04. The number of aromatic nitrogens is 3. The van der Waals surface area contributed by atoms with Crippen LogP contribution < -0.4 is 14.4 Å². The standard InChI is InChI=1S/C42H54F2N6O5Si/c1-41(2,3)55-40(51)50-28-12-13-29(50)24-48(23-28)38-32-22-45-36(35(44)37(32)46-39(47-38)53-25-42-14-8-16-49(42)17-9-15-42)31-21-30(54-26-52-18-19-56(4,5)6)20-27-10-7-11-33(43)34(27)31/h7,10-11,20-22,28-29H,8-9,12-19,23-26H2,1-6H3/t28-,29+. The number of ether oxygens (including phenoxy) is 4. The van der Waals surface area contributed by atoms with E-state index in [1.807, 2.05) is 25.7 Å². The van der Waals surface area contributed by atoms with Gasteiger partial charge in [-0.25, -0.2) is 13.6 Å². The molecule has 1 amide bonds. The van der Waals surface area contributed by atoms with Crippen molar-refractivity contribution in [3.63, 3.8) is 0 Å². The molecule has 0 saturated carbocycles. The predicted molar refractivity (Wildman–Crippen MR) is 215 cm³/mol. The summed E-state index contributed by atoms with van der Waals surface area (Å²) in [5.74, 6) is -0.296. The molecule has 56 heavy (non-hydrogen) atoms. The molecule has 4 aromatic rings. The number of halogens is 2. The molecule has 6 heterocycles. The Balaban J connectivity index is 1.17. The first-order valence-electron chi connectivity index (χ1n) is 20.1. The summed E-state index contributed by atoms with van der Waals surface area (Å²) >= 11 is 0. The van der Waals surface area contributed by atoms with E-state index in [-0.39, 0.29) is 58.7 Å². The highest BCUT2D eigenvalue weighted by atomic mass is 28.3. The van der Waals surface area contributed by atoms with Crippen LogP contribution in [0.4, 0.5) is 19.4 Å². The number of benzene rings is 2. The average Bonchev–Trinajstić information content (AvgIpc) is 3.80. The van der Waals surface area contributed by atoms with E-state index in [4.69, 9.17) is 28.9 Å². The van der Waals surface area contributed by atoms with Crippen molar-refractivity contribution in [3.8, 4) is 23.0 Å². The van der Waals surface area contributed by atoms with Gasteiger partial charge in [-0.1, -0.05) is 31.8 Å². The molecule has 0 N–H and O–H groups in total. The van der Waals surface area contributed by atoms with Crippen LogP contribution in [0, 0.1) is 11.6 Å². The largest absolute Gasteiger partial charge is 0.468 e. The summed E-state index contributed by atoms with van der Waals surface area (Å²) in [6, 6.07) is 8.97. The molecule has 14 heteroatoms. The van der Waals surface area contributed by atoms with Crippen LogP contribution in [0.3, 0.4) is 0 Å². The fourth-order valence-corrected chi connectivity index (χ4v) is 9.79. The van der Waals surface area contributed by atoms with Gasteiger partial charge in [-0.05, 0) is 102 Å². The van der Waals surface area contributed by atoms with E-state index in [2.05, 4.69) is 34.4 Å². The van der Waals surface area contributed by atoms with Gasteiger partial charge in [-0.3, -0.25) is 14.8 Å². The molecule has 8 rings (SSSR count). The second-order valence-electron chi connectivity index (χ2n) is 18.2. The quantitative estimate of drug-likeness (QED) is 0.0837. The van der Waals surface area contributed by atoms with E-state index in [9.17, 15) is 4.79 Å². The maximum atomic E-state index is 17.3. The van der Waals surface area contributed by atoms with Crippen LogP contribution >= 0.6 is 0 Å². The Hall–Kier alpha value is -4.14. The van der Waals surface area contributed by atoms with E-state index >= 15 is 8.78 Å². The number of carbonyl (C=O) groups excluding carboxylic acids is 1. The number of fused-ring (bicyclic) bond motifs is 5. The van der Waals surface area contributed by atoms with Crippen molar-refractivity contribution in [2.45, 2.75) is 108 Å². The van der Waals surface area contributed by atoms with Crippen molar-refractivity contribution < 1.29 is 32.5 Å². The molecule has 4 saturated heterocycles. The molecule has 300 valence electrons. The predicted octanol–water partition coefficient (Wildman–Crippen LogP) is 8.41. The van der Waals surface area contributed by atoms with E-state index in [0.717, 1.165) is 57.7 Å². The molecule has 11 nitrogen and oxygen atoms in total. The maximum Gasteiger partial charge on any atom is 0.410 e. The molecular formula is C42H54F2N6O5Si. The SMILES string of the molecule is CC(C)(C)OC(=O)N1[C@@H]2CC[C@H]1CN(c1nc(OCC34CCCN3CCC4)nc3c(F)c(-c4cc(OCOCC[Si](C)(C)C)cc5cccc(F)c45)ncc13)C2. The van der Waals surface area contributed by atoms with Crippen LogP contribution in [0.15, 0.2) is 36.5 Å². The van der Waals surface area contributed by atoms with Gasteiger partial charge >= 0.3 is 12.1 Å². The third kappa shape index (κ3) is 7.76. The molecule has 0 unspecified atom stereocenters. The monoisotopic (exact) mass is 788 g/mol. The van der Waals surface area contributed by atoms with Crippen LogP contribution in [0.2, 0.25) is 25.7 Å². The maximum absolute atomic E-state index is 17.3. The summed E-state index contributed by atoms with van der Waals surface area (Å²) in [6.45, 7) is 16.5. The molecule has 4 aliphatic heterocycles. The summed E-state index contributed by atoms with van der Waals surface area (Å²) in [4.78, 5) is 34.1. The number of nitrogens with zero attached hydrogens (tertiary/aromatic N) is 6. The molecule has 0 radical (unpaired) electrons. The second kappa shape index (κ2) is 15.0. The Bertz CT molecular complexity index is 2100. The smallest absolute Gasteiger partial charge is 0.410 e. The zero-order chi connectivity index (χ0) is 39.4. The van der Waals surface area contributed by atoms with Gasteiger partial charge in [-0.2, -0.15) is 9.97 Å². The Morgan fingerprint density at radius 1 is 1.00 bits per heavy atom. The lowest BCUT2D eigenvalue weighted by atomic mass is 9.95. The van der Waals surface area contributed by atoms with Gasteiger partial charge in [0, 0.05) is 44.9 Å². The van der Waals surface area contributed by atoms with Crippen LogP contribution in [0.25, 0.3) is 32.9 Å². The zero-order valence-electron chi connectivity index (χ0n) is 33.5. The molecule has 2 bridgehead atoms. The minimum absolute atomic E-state index is 0.0117. The minimum Gasteiger partial charge on any atom is -0.468 e. The Labute approximate surface area is 328 Å². The van der Waals surface area contributed by atoms with Gasteiger partial charge in [0.2, 0.25) is 0 Å². The Kier molecular flexibility index (Phi) is 10.4. The topological polar surface area (TPSA) is 102 Å². The van der Waals surface area contributed by atoms with Gasteiger partial charge < -0.3 is 23.8 Å². The summed E-state index contributed by atoms with van der Waals surface area (Å²) in [6.07, 6.45) is 7.18. The van der Waals surface area contributed by atoms with Gasteiger partial charge in [0.05, 0.1) is 23.0 Å². The number of carbonyl (C=O) groups is 1. The number of hydrogen-bond donors (Lipinski definition) is 0. The van der Waals surface area contributed by atoms with Gasteiger partial charge in [0.1, 0.15) is 40.8 Å².